The Bertz CT molecular complexity index is 770. The molecule has 25 heavy (non-hydrogen) atoms. The summed E-state index contributed by atoms with van der Waals surface area (Å²) in [6.45, 7) is 0. The van der Waals surface area contributed by atoms with Gasteiger partial charge in [0.05, 0.1) is 16.2 Å². The second-order valence-electron chi connectivity index (χ2n) is 4.76. The number of carbonyl (C=O) groups excluding carboxylic acids is 1. The van der Waals surface area contributed by atoms with Gasteiger partial charge in [-0.2, -0.15) is 13.2 Å². The number of halogens is 3. The van der Waals surface area contributed by atoms with E-state index in [2.05, 4.69) is 10.9 Å². The van der Waals surface area contributed by atoms with E-state index in [1.165, 1.54) is 11.8 Å². The monoisotopic (exact) mass is 371 g/mol. The number of hydrazine groups is 1. The molecule has 2 aromatic rings. The highest BCUT2D eigenvalue weighted by molar-refractivity contribution is 8.00. The SMILES string of the molecule is O=C(CSc1ccccc1)NNc1ccc(C(F)(F)F)cc1[N+](=O)[O-]. The first-order valence-electron chi connectivity index (χ1n) is 6.85. The van der Waals surface area contributed by atoms with Crippen LogP contribution in [0.15, 0.2) is 53.4 Å². The van der Waals surface area contributed by atoms with Gasteiger partial charge in [0.15, 0.2) is 0 Å². The number of benzene rings is 2. The first-order chi connectivity index (χ1) is 11.8. The van der Waals surface area contributed by atoms with Crippen LogP contribution < -0.4 is 10.9 Å². The number of nitrogens with one attached hydrogen (secondary N) is 2. The van der Waals surface area contributed by atoms with Crippen LogP contribution >= 0.6 is 11.8 Å². The topological polar surface area (TPSA) is 84.3 Å². The van der Waals surface area contributed by atoms with Gasteiger partial charge < -0.3 is 0 Å². The zero-order valence-electron chi connectivity index (χ0n) is 12.5. The highest BCUT2D eigenvalue weighted by Gasteiger charge is 2.33. The number of nitro benzene ring substituents is 1. The van der Waals surface area contributed by atoms with Crippen molar-refractivity contribution in [1.29, 1.82) is 0 Å². The first-order valence-corrected chi connectivity index (χ1v) is 7.84. The number of nitro groups is 1. The summed E-state index contributed by atoms with van der Waals surface area (Å²) in [4.78, 5) is 22.6. The molecule has 1 amide bonds. The van der Waals surface area contributed by atoms with Crippen LogP contribution in [0.1, 0.15) is 5.56 Å². The lowest BCUT2D eigenvalue weighted by atomic mass is 10.1. The van der Waals surface area contributed by atoms with Gasteiger partial charge in [-0.25, -0.2) is 0 Å². The lowest BCUT2D eigenvalue weighted by Crippen LogP contribution is -2.31. The van der Waals surface area contributed by atoms with Crippen molar-refractivity contribution in [3.63, 3.8) is 0 Å². The van der Waals surface area contributed by atoms with Gasteiger partial charge in [0, 0.05) is 11.0 Å². The standard InChI is InChI=1S/C15H12F3N3O3S/c16-15(17,18)10-6-7-12(13(8-10)21(23)24)19-20-14(22)9-25-11-4-2-1-3-5-11/h1-8,19H,9H2,(H,20,22). The van der Waals surface area contributed by atoms with Crippen molar-refractivity contribution >= 4 is 29.0 Å². The van der Waals surface area contributed by atoms with Crippen LogP contribution in [0.4, 0.5) is 24.5 Å². The molecule has 2 N–H and O–H groups in total. The molecular weight excluding hydrogens is 359 g/mol. The quantitative estimate of drug-likeness (QED) is 0.458. The number of nitrogens with zero attached hydrogens (tertiary/aromatic N) is 1. The Hall–Kier alpha value is -2.75. The minimum atomic E-state index is -4.70. The molecule has 2 rings (SSSR count). The fraction of sp³-hybridized carbons (Fsp3) is 0.133. The van der Waals surface area contributed by atoms with Crippen molar-refractivity contribution in [2.45, 2.75) is 11.1 Å². The van der Waals surface area contributed by atoms with Gasteiger partial charge in [-0.3, -0.25) is 25.8 Å². The summed E-state index contributed by atoms with van der Waals surface area (Å²) in [7, 11) is 0. The number of hydrogen-bond donors (Lipinski definition) is 2. The summed E-state index contributed by atoms with van der Waals surface area (Å²) in [6, 6.07) is 11.1. The van der Waals surface area contributed by atoms with Crippen LogP contribution in [0, 0.1) is 10.1 Å². The highest BCUT2D eigenvalue weighted by atomic mass is 32.2. The molecule has 6 nitrogen and oxygen atoms in total. The average Bonchev–Trinajstić information content (AvgIpc) is 2.58. The predicted molar refractivity (Wildman–Crippen MR) is 87.0 cm³/mol. The molecule has 10 heteroatoms. The summed E-state index contributed by atoms with van der Waals surface area (Å²) in [5.74, 6) is -0.450. The Balaban J connectivity index is 1.99. The molecular formula is C15H12F3N3O3S. The fourth-order valence-corrected chi connectivity index (χ4v) is 2.52. The third-order valence-corrected chi connectivity index (χ3v) is 3.98. The molecule has 0 radical (unpaired) electrons. The fourth-order valence-electron chi connectivity index (χ4n) is 1.80. The third kappa shape index (κ3) is 5.38. The summed E-state index contributed by atoms with van der Waals surface area (Å²) in [6.07, 6.45) is -4.70. The van der Waals surface area contributed by atoms with E-state index in [9.17, 15) is 28.1 Å². The lowest BCUT2D eigenvalue weighted by Gasteiger charge is -2.11. The summed E-state index contributed by atoms with van der Waals surface area (Å²) in [5.41, 5.74) is 2.35. The Labute approximate surface area is 144 Å². The zero-order chi connectivity index (χ0) is 18.4. The molecule has 0 bridgehead atoms. The van der Waals surface area contributed by atoms with E-state index in [0.29, 0.717) is 12.1 Å². The number of alkyl halides is 3. The van der Waals surface area contributed by atoms with Crippen LogP contribution in [0.2, 0.25) is 0 Å². The van der Waals surface area contributed by atoms with Gasteiger partial charge in [-0.05, 0) is 24.3 Å². The van der Waals surface area contributed by atoms with E-state index in [0.717, 1.165) is 11.0 Å². The molecule has 0 unspecified atom stereocenters. The van der Waals surface area contributed by atoms with Crippen molar-refractivity contribution in [2.24, 2.45) is 0 Å². The number of carbonyl (C=O) groups is 1. The number of rotatable bonds is 6. The van der Waals surface area contributed by atoms with E-state index in [4.69, 9.17) is 0 Å². The molecule has 0 aliphatic rings. The van der Waals surface area contributed by atoms with Gasteiger partial charge >= 0.3 is 6.18 Å². The van der Waals surface area contributed by atoms with E-state index in [1.54, 1.807) is 0 Å². The zero-order valence-corrected chi connectivity index (χ0v) is 13.4. The minimum Gasteiger partial charge on any atom is -0.292 e. The van der Waals surface area contributed by atoms with E-state index in [1.807, 2.05) is 30.3 Å². The predicted octanol–water partition coefficient (Wildman–Crippen LogP) is 3.85. The van der Waals surface area contributed by atoms with Gasteiger partial charge in [0.1, 0.15) is 5.69 Å². The van der Waals surface area contributed by atoms with E-state index >= 15 is 0 Å². The van der Waals surface area contributed by atoms with Gasteiger partial charge in [-0.1, -0.05) is 18.2 Å². The first kappa shape index (κ1) is 18.6. The largest absolute Gasteiger partial charge is 0.416 e. The van der Waals surface area contributed by atoms with Crippen molar-refractivity contribution in [3.8, 4) is 0 Å². The average molecular weight is 371 g/mol. The van der Waals surface area contributed by atoms with Crippen LogP contribution in [0.5, 0.6) is 0 Å². The summed E-state index contributed by atoms with van der Waals surface area (Å²) >= 11 is 1.25. The Morgan fingerprint density at radius 3 is 2.44 bits per heavy atom. The molecule has 132 valence electrons. The molecule has 0 atom stereocenters. The highest BCUT2D eigenvalue weighted by Crippen LogP contribution is 2.34. The molecule has 0 saturated heterocycles. The second kappa shape index (κ2) is 7.88. The molecule has 2 aromatic carbocycles. The number of amides is 1. The molecule has 0 aliphatic heterocycles. The normalized spacial score (nSPS) is 11.0. The lowest BCUT2D eigenvalue weighted by molar-refractivity contribution is -0.384. The van der Waals surface area contributed by atoms with Crippen LogP contribution in [0.25, 0.3) is 0 Å². The van der Waals surface area contributed by atoms with E-state index < -0.39 is 28.3 Å². The Kier molecular flexibility index (Phi) is 5.86. The molecule has 0 saturated carbocycles. The maximum absolute atomic E-state index is 12.6. The van der Waals surface area contributed by atoms with E-state index in [-0.39, 0.29) is 11.4 Å². The van der Waals surface area contributed by atoms with Gasteiger partial charge in [0.2, 0.25) is 5.91 Å². The summed E-state index contributed by atoms with van der Waals surface area (Å²) < 4.78 is 37.9. The summed E-state index contributed by atoms with van der Waals surface area (Å²) in [5, 5.41) is 10.9. The smallest absolute Gasteiger partial charge is 0.292 e. The maximum atomic E-state index is 12.6. The van der Waals surface area contributed by atoms with Crippen molar-refractivity contribution in [1.82, 2.24) is 5.43 Å². The third-order valence-electron chi connectivity index (χ3n) is 2.97. The molecule has 0 heterocycles. The maximum Gasteiger partial charge on any atom is 0.416 e. The number of anilines is 1. The van der Waals surface area contributed by atoms with Crippen molar-refractivity contribution < 1.29 is 22.9 Å². The van der Waals surface area contributed by atoms with Gasteiger partial charge in [-0.15, -0.1) is 11.8 Å². The number of hydrogen-bond acceptors (Lipinski definition) is 5. The van der Waals surface area contributed by atoms with Crippen LogP contribution in [-0.2, 0) is 11.0 Å². The number of thioether (sulfide) groups is 1. The minimum absolute atomic E-state index is 0.0332. The molecule has 0 spiro atoms. The van der Waals surface area contributed by atoms with Crippen molar-refractivity contribution in [3.05, 3.63) is 64.2 Å². The van der Waals surface area contributed by atoms with Crippen LogP contribution in [-0.4, -0.2) is 16.6 Å². The second-order valence-corrected chi connectivity index (χ2v) is 5.81. The molecule has 0 fully saturated rings. The van der Waals surface area contributed by atoms with Crippen LogP contribution in [0.3, 0.4) is 0 Å². The molecule has 0 aromatic heterocycles. The van der Waals surface area contributed by atoms with Crippen molar-refractivity contribution in [2.75, 3.05) is 11.2 Å². The Morgan fingerprint density at radius 2 is 1.84 bits per heavy atom. The van der Waals surface area contributed by atoms with Gasteiger partial charge in [0.25, 0.3) is 5.69 Å². The molecule has 0 aliphatic carbocycles. The Morgan fingerprint density at radius 1 is 1.16 bits per heavy atom.